The first kappa shape index (κ1) is 8.97. The van der Waals surface area contributed by atoms with Crippen LogP contribution in [-0.4, -0.2) is 18.9 Å². The fourth-order valence-corrected chi connectivity index (χ4v) is 1.29. The summed E-state index contributed by atoms with van der Waals surface area (Å²) >= 11 is 0. The van der Waals surface area contributed by atoms with Crippen LogP contribution in [0.3, 0.4) is 0 Å². The molecule has 0 saturated carbocycles. The number of ether oxygens (including phenoxy) is 1. The average Bonchev–Trinajstić information content (AvgIpc) is 2.08. The molecule has 3 heteroatoms. The Bertz CT molecular complexity index is 240. The SMILES string of the molecule is COC(=O)C1CC(C)=CCC1=O. The van der Waals surface area contributed by atoms with Gasteiger partial charge in [-0.3, -0.25) is 9.59 Å². The van der Waals surface area contributed by atoms with E-state index in [0.717, 1.165) is 5.57 Å². The summed E-state index contributed by atoms with van der Waals surface area (Å²) in [5.74, 6) is -1.00. The summed E-state index contributed by atoms with van der Waals surface area (Å²) in [6.45, 7) is 1.92. The first-order valence-corrected chi connectivity index (χ1v) is 3.91. The smallest absolute Gasteiger partial charge is 0.316 e. The second kappa shape index (κ2) is 3.52. The molecule has 0 radical (unpaired) electrons. The molecule has 0 amide bonds. The number of hydrogen-bond donors (Lipinski definition) is 0. The van der Waals surface area contributed by atoms with Gasteiger partial charge in [-0.1, -0.05) is 11.6 Å². The summed E-state index contributed by atoms with van der Waals surface area (Å²) < 4.78 is 4.52. The number of carbonyl (C=O) groups is 2. The number of ketones is 1. The number of hydrogen-bond acceptors (Lipinski definition) is 3. The van der Waals surface area contributed by atoms with Crippen LogP contribution in [0.15, 0.2) is 11.6 Å². The van der Waals surface area contributed by atoms with E-state index in [1.165, 1.54) is 7.11 Å². The van der Waals surface area contributed by atoms with Gasteiger partial charge in [-0.25, -0.2) is 0 Å². The van der Waals surface area contributed by atoms with Gasteiger partial charge in [0.1, 0.15) is 5.92 Å². The lowest BCUT2D eigenvalue weighted by atomic mass is 9.88. The van der Waals surface area contributed by atoms with Crippen LogP contribution in [0.4, 0.5) is 0 Å². The Hall–Kier alpha value is -1.12. The van der Waals surface area contributed by atoms with Gasteiger partial charge in [0.15, 0.2) is 5.78 Å². The topological polar surface area (TPSA) is 43.4 Å². The Labute approximate surface area is 71.4 Å². The van der Waals surface area contributed by atoms with Crippen LogP contribution in [0, 0.1) is 5.92 Å². The van der Waals surface area contributed by atoms with Crippen molar-refractivity contribution in [2.45, 2.75) is 19.8 Å². The molecule has 12 heavy (non-hydrogen) atoms. The minimum absolute atomic E-state index is 0.0348. The molecule has 0 bridgehead atoms. The molecule has 3 nitrogen and oxygen atoms in total. The van der Waals surface area contributed by atoms with Crippen molar-refractivity contribution in [3.8, 4) is 0 Å². The lowest BCUT2D eigenvalue weighted by Crippen LogP contribution is -2.27. The number of methoxy groups -OCH3 is 1. The van der Waals surface area contributed by atoms with E-state index in [1.54, 1.807) is 0 Å². The summed E-state index contributed by atoms with van der Waals surface area (Å²) in [5, 5.41) is 0. The van der Waals surface area contributed by atoms with Gasteiger partial charge in [-0.2, -0.15) is 0 Å². The summed E-state index contributed by atoms with van der Waals surface area (Å²) in [6.07, 6.45) is 2.75. The van der Waals surface area contributed by atoms with Crippen LogP contribution in [-0.2, 0) is 14.3 Å². The monoisotopic (exact) mass is 168 g/mol. The Balaban J connectivity index is 2.72. The van der Waals surface area contributed by atoms with Gasteiger partial charge in [-0.15, -0.1) is 0 Å². The third-order valence-electron chi connectivity index (χ3n) is 2.05. The third-order valence-corrected chi connectivity index (χ3v) is 2.05. The number of carbonyl (C=O) groups excluding carboxylic acids is 2. The molecule has 0 aromatic carbocycles. The minimum atomic E-state index is -0.556. The van der Waals surface area contributed by atoms with Crippen LogP contribution in [0.5, 0.6) is 0 Å². The quantitative estimate of drug-likeness (QED) is 0.334. The fourth-order valence-electron chi connectivity index (χ4n) is 1.29. The lowest BCUT2D eigenvalue weighted by molar-refractivity contribution is -0.149. The van der Waals surface area contributed by atoms with E-state index >= 15 is 0 Å². The Morgan fingerprint density at radius 2 is 2.33 bits per heavy atom. The van der Waals surface area contributed by atoms with E-state index in [1.807, 2.05) is 13.0 Å². The largest absolute Gasteiger partial charge is 0.468 e. The van der Waals surface area contributed by atoms with E-state index in [-0.39, 0.29) is 5.78 Å². The molecule has 0 aromatic heterocycles. The standard InChI is InChI=1S/C9H12O3/c1-6-3-4-8(10)7(5-6)9(11)12-2/h3,7H,4-5H2,1-2H3. The van der Waals surface area contributed by atoms with E-state index in [4.69, 9.17) is 0 Å². The molecule has 1 atom stereocenters. The maximum atomic E-state index is 11.2. The molecule has 0 aliphatic heterocycles. The van der Waals surface area contributed by atoms with Gasteiger partial charge in [0.25, 0.3) is 0 Å². The van der Waals surface area contributed by atoms with Gasteiger partial charge in [0.2, 0.25) is 0 Å². The zero-order chi connectivity index (χ0) is 9.14. The van der Waals surface area contributed by atoms with Gasteiger partial charge in [-0.05, 0) is 13.3 Å². The molecule has 1 unspecified atom stereocenters. The van der Waals surface area contributed by atoms with Crippen LogP contribution in [0.2, 0.25) is 0 Å². The molecule has 66 valence electrons. The highest BCUT2D eigenvalue weighted by Gasteiger charge is 2.29. The first-order chi connectivity index (χ1) is 5.65. The van der Waals surface area contributed by atoms with Crippen molar-refractivity contribution in [2.24, 2.45) is 5.92 Å². The second-order valence-electron chi connectivity index (χ2n) is 3.00. The van der Waals surface area contributed by atoms with Crippen molar-refractivity contribution in [1.29, 1.82) is 0 Å². The molecule has 1 rings (SSSR count). The number of rotatable bonds is 1. The predicted octanol–water partition coefficient (Wildman–Crippen LogP) is 1.08. The summed E-state index contributed by atoms with van der Waals surface area (Å²) in [7, 11) is 1.31. The second-order valence-corrected chi connectivity index (χ2v) is 3.00. The molecule has 0 fully saturated rings. The summed E-state index contributed by atoms with van der Waals surface area (Å²) in [4.78, 5) is 22.2. The minimum Gasteiger partial charge on any atom is -0.468 e. The molecule has 1 aliphatic carbocycles. The highest BCUT2D eigenvalue weighted by atomic mass is 16.5. The fraction of sp³-hybridized carbons (Fsp3) is 0.556. The predicted molar refractivity (Wildman–Crippen MR) is 43.5 cm³/mol. The van der Waals surface area contributed by atoms with Gasteiger partial charge < -0.3 is 4.74 Å². The van der Waals surface area contributed by atoms with E-state index in [0.29, 0.717) is 12.8 Å². The molecule has 1 aliphatic rings. The Morgan fingerprint density at radius 3 is 2.92 bits per heavy atom. The lowest BCUT2D eigenvalue weighted by Gasteiger charge is -2.17. The molecule has 0 spiro atoms. The molecule has 0 N–H and O–H groups in total. The maximum Gasteiger partial charge on any atom is 0.316 e. The molecular formula is C9H12O3. The van der Waals surface area contributed by atoms with Crippen molar-refractivity contribution < 1.29 is 14.3 Å². The molecule has 0 aromatic rings. The van der Waals surface area contributed by atoms with Gasteiger partial charge in [0, 0.05) is 6.42 Å². The third kappa shape index (κ3) is 1.72. The molecule has 0 saturated heterocycles. The maximum absolute atomic E-state index is 11.2. The zero-order valence-corrected chi connectivity index (χ0v) is 7.29. The van der Waals surface area contributed by atoms with Crippen molar-refractivity contribution in [3.05, 3.63) is 11.6 Å². The highest BCUT2D eigenvalue weighted by Crippen LogP contribution is 2.21. The van der Waals surface area contributed by atoms with Gasteiger partial charge in [0.05, 0.1) is 7.11 Å². The van der Waals surface area contributed by atoms with Crippen LogP contribution >= 0.6 is 0 Å². The van der Waals surface area contributed by atoms with Crippen molar-refractivity contribution in [1.82, 2.24) is 0 Å². The van der Waals surface area contributed by atoms with Crippen molar-refractivity contribution >= 4 is 11.8 Å². The van der Waals surface area contributed by atoms with Crippen LogP contribution in [0.1, 0.15) is 19.8 Å². The number of allylic oxidation sites excluding steroid dienone is 2. The van der Waals surface area contributed by atoms with Crippen LogP contribution in [0.25, 0.3) is 0 Å². The number of Topliss-reactive ketones (excluding diaryl/α,β-unsaturated/α-hetero) is 1. The normalized spacial score (nSPS) is 23.3. The molecular weight excluding hydrogens is 156 g/mol. The Kier molecular flexibility index (Phi) is 2.63. The van der Waals surface area contributed by atoms with E-state index in [2.05, 4.69) is 4.74 Å². The zero-order valence-electron chi connectivity index (χ0n) is 7.29. The van der Waals surface area contributed by atoms with Crippen LogP contribution < -0.4 is 0 Å². The average molecular weight is 168 g/mol. The van der Waals surface area contributed by atoms with Crippen molar-refractivity contribution in [2.75, 3.05) is 7.11 Å². The van der Waals surface area contributed by atoms with Crippen molar-refractivity contribution in [3.63, 3.8) is 0 Å². The first-order valence-electron chi connectivity index (χ1n) is 3.91. The molecule has 0 heterocycles. The highest BCUT2D eigenvalue weighted by molar-refractivity contribution is 6.00. The van der Waals surface area contributed by atoms with E-state index in [9.17, 15) is 9.59 Å². The summed E-state index contributed by atoms with van der Waals surface area (Å²) in [6, 6.07) is 0. The van der Waals surface area contributed by atoms with E-state index < -0.39 is 11.9 Å². The van der Waals surface area contributed by atoms with Gasteiger partial charge >= 0.3 is 5.97 Å². The number of esters is 1. The Morgan fingerprint density at radius 1 is 1.67 bits per heavy atom. The summed E-state index contributed by atoms with van der Waals surface area (Å²) in [5.41, 5.74) is 1.09.